The summed E-state index contributed by atoms with van der Waals surface area (Å²) in [4.78, 5) is 12.5. The summed E-state index contributed by atoms with van der Waals surface area (Å²) in [5.74, 6) is -9.55. The molecule has 1 aliphatic rings. The summed E-state index contributed by atoms with van der Waals surface area (Å²) >= 11 is 0. The maximum absolute atomic E-state index is 14.6. The zero-order chi connectivity index (χ0) is 24.6. The minimum Gasteiger partial charge on any atom is -0.505 e. The topological polar surface area (TPSA) is 66.8 Å². The van der Waals surface area contributed by atoms with Crippen molar-refractivity contribution in [3.63, 3.8) is 0 Å². The predicted octanol–water partition coefficient (Wildman–Crippen LogP) is 6.34. The summed E-state index contributed by atoms with van der Waals surface area (Å²) in [6, 6.07) is 7.58. The lowest BCUT2D eigenvalue weighted by molar-refractivity contribution is -0.140. The standard InChI is InChI=1S/C25H19F5O4/c26-18-11-14(5-6-16(18)17-8-10-20(32)24(30)22(17)28)34-25(33)13-3-1-12(2-4-13)15-7-9-19(31)23(29)21(15)27/h5-13,31-32H,1-4H2. The van der Waals surface area contributed by atoms with Crippen molar-refractivity contribution in [3.8, 4) is 28.4 Å². The Labute approximate surface area is 191 Å². The molecule has 9 heteroatoms. The number of phenolic OH excluding ortho intramolecular Hbond substituents is 2. The summed E-state index contributed by atoms with van der Waals surface area (Å²) in [6.45, 7) is 0. The molecule has 0 aromatic heterocycles. The Bertz CT molecular complexity index is 1250. The maximum atomic E-state index is 14.6. The summed E-state index contributed by atoms with van der Waals surface area (Å²) < 4.78 is 75.2. The first-order chi connectivity index (χ1) is 16.2. The number of hydrogen-bond acceptors (Lipinski definition) is 4. The van der Waals surface area contributed by atoms with Crippen molar-refractivity contribution in [1.29, 1.82) is 0 Å². The van der Waals surface area contributed by atoms with E-state index < -0.39 is 58.0 Å². The molecule has 4 rings (SSSR count). The minimum atomic E-state index is -1.50. The Hall–Kier alpha value is -3.62. The highest BCUT2D eigenvalue weighted by Gasteiger charge is 2.31. The first-order valence-electron chi connectivity index (χ1n) is 10.5. The Morgan fingerprint density at radius 1 is 0.735 bits per heavy atom. The molecule has 2 N–H and O–H groups in total. The molecule has 0 unspecified atom stereocenters. The lowest BCUT2D eigenvalue weighted by Crippen LogP contribution is -2.25. The highest BCUT2D eigenvalue weighted by atomic mass is 19.2. The van der Waals surface area contributed by atoms with E-state index in [1.54, 1.807) is 0 Å². The smallest absolute Gasteiger partial charge is 0.314 e. The van der Waals surface area contributed by atoms with Gasteiger partial charge in [0.1, 0.15) is 11.6 Å². The largest absolute Gasteiger partial charge is 0.505 e. The Kier molecular flexibility index (Phi) is 6.45. The summed E-state index contributed by atoms with van der Waals surface area (Å²) in [5.41, 5.74) is -0.542. The van der Waals surface area contributed by atoms with Crippen LogP contribution < -0.4 is 4.74 Å². The van der Waals surface area contributed by atoms with Crippen LogP contribution >= 0.6 is 0 Å². The summed E-state index contributed by atoms with van der Waals surface area (Å²) in [7, 11) is 0. The molecule has 1 aliphatic carbocycles. The van der Waals surface area contributed by atoms with E-state index in [9.17, 15) is 37.0 Å². The molecule has 0 aliphatic heterocycles. The second kappa shape index (κ2) is 9.32. The SMILES string of the molecule is O=C(Oc1ccc(-c2ccc(O)c(F)c2F)c(F)c1)C1CCC(c2ccc(O)c(F)c2F)CC1. The fourth-order valence-corrected chi connectivity index (χ4v) is 4.23. The molecule has 0 heterocycles. The van der Waals surface area contributed by atoms with Gasteiger partial charge in [-0.1, -0.05) is 6.07 Å². The van der Waals surface area contributed by atoms with Gasteiger partial charge in [-0.3, -0.25) is 4.79 Å². The molecule has 178 valence electrons. The first kappa shape index (κ1) is 23.5. The lowest BCUT2D eigenvalue weighted by Gasteiger charge is -2.27. The van der Waals surface area contributed by atoms with Gasteiger partial charge in [-0.2, -0.15) is 8.78 Å². The van der Waals surface area contributed by atoms with Crippen LogP contribution in [0.5, 0.6) is 17.2 Å². The number of esters is 1. The van der Waals surface area contributed by atoms with E-state index in [-0.39, 0.29) is 22.8 Å². The Balaban J connectivity index is 1.42. The second-order valence-corrected chi connectivity index (χ2v) is 8.17. The molecule has 0 radical (unpaired) electrons. The monoisotopic (exact) mass is 478 g/mol. The molecule has 0 atom stereocenters. The number of aromatic hydroxyl groups is 2. The maximum Gasteiger partial charge on any atom is 0.314 e. The van der Waals surface area contributed by atoms with E-state index in [1.807, 2.05) is 0 Å². The Morgan fingerprint density at radius 2 is 1.32 bits per heavy atom. The van der Waals surface area contributed by atoms with Crippen molar-refractivity contribution in [2.75, 3.05) is 0 Å². The number of hydrogen-bond donors (Lipinski definition) is 2. The number of carbonyl (C=O) groups excluding carboxylic acids is 1. The van der Waals surface area contributed by atoms with Crippen molar-refractivity contribution in [3.05, 3.63) is 77.1 Å². The fourth-order valence-electron chi connectivity index (χ4n) is 4.23. The van der Waals surface area contributed by atoms with Crippen LogP contribution in [0.15, 0.2) is 42.5 Å². The van der Waals surface area contributed by atoms with Crippen LogP contribution in [0, 0.1) is 35.0 Å². The number of benzene rings is 3. The van der Waals surface area contributed by atoms with Crippen molar-refractivity contribution < 1.29 is 41.7 Å². The third kappa shape index (κ3) is 4.42. The van der Waals surface area contributed by atoms with E-state index in [2.05, 4.69) is 0 Å². The van der Waals surface area contributed by atoms with Gasteiger partial charge >= 0.3 is 5.97 Å². The van der Waals surface area contributed by atoms with Crippen LogP contribution in [0.1, 0.15) is 37.2 Å². The van der Waals surface area contributed by atoms with E-state index >= 15 is 0 Å². The van der Waals surface area contributed by atoms with Gasteiger partial charge in [-0.15, -0.1) is 0 Å². The van der Waals surface area contributed by atoms with Crippen LogP contribution in [-0.4, -0.2) is 16.2 Å². The average molecular weight is 478 g/mol. The van der Waals surface area contributed by atoms with Gasteiger partial charge in [0.25, 0.3) is 0 Å². The normalized spacial score (nSPS) is 18.0. The van der Waals surface area contributed by atoms with Gasteiger partial charge < -0.3 is 14.9 Å². The molecule has 0 bridgehead atoms. The van der Waals surface area contributed by atoms with Crippen LogP contribution in [0.25, 0.3) is 11.1 Å². The zero-order valence-electron chi connectivity index (χ0n) is 17.6. The third-order valence-corrected chi connectivity index (χ3v) is 6.10. The van der Waals surface area contributed by atoms with Crippen LogP contribution in [0.4, 0.5) is 22.0 Å². The average Bonchev–Trinajstić information content (AvgIpc) is 2.82. The van der Waals surface area contributed by atoms with E-state index in [0.717, 1.165) is 30.3 Å². The molecule has 3 aromatic carbocycles. The van der Waals surface area contributed by atoms with Gasteiger partial charge in [-0.25, -0.2) is 13.2 Å². The molecule has 0 amide bonds. The van der Waals surface area contributed by atoms with Gasteiger partial charge in [0.2, 0.25) is 11.6 Å². The number of carbonyl (C=O) groups is 1. The molecule has 1 saturated carbocycles. The van der Waals surface area contributed by atoms with E-state index in [0.29, 0.717) is 25.7 Å². The summed E-state index contributed by atoms with van der Waals surface area (Å²) in [5, 5.41) is 18.5. The lowest BCUT2D eigenvalue weighted by atomic mass is 9.78. The minimum absolute atomic E-state index is 0.125. The van der Waals surface area contributed by atoms with Crippen LogP contribution in [0.2, 0.25) is 0 Å². The van der Waals surface area contributed by atoms with E-state index in [1.165, 1.54) is 12.1 Å². The number of rotatable bonds is 4. The van der Waals surface area contributed by atoms with Gasteiger partial charge in [0.15, 0.2) is 23.1 Å². The molecular weight excluding hydrogens is 459 g/mol. The third-order valence-electron chi connectivity index (χ3n) is 6.10. The fraction of sp³-hybridized carbons (Fsp3) is 0.240. The quantitative estimate of drug-likeness (QED) is 0.261. The number of halogens is 5. The number of phenols is 2. The molecule has 4 nitrogen and oxygen atoms in total. The van der Waals surface area contributed by atoms with Crippen molar-refractivity contribution >= 4 is 5.97 Å². The second-order valence-electron chi connectivity index (χ2n) is 8.17. The molecular formula is C25H19F5O4. The molecule has 0 spiro atoms. The highest BCUT2D eigenvalue weighted by molar-refractivity contribution is 5.76. The van der Waals surface area contributed by atoms with Crippen LogP contribution in [-0.2, 0) is 4.79 Å². The van der Waals surface area contributed by atoms with Crippen molar-refractivity contribution in [2.24, 2.45) is 5.92 Å². The summed E-state index contributed by atoms with van der Waals surface area (Å²) in [6.07, 6.45) is 1.45. The van der Waals surface area contributed by atoms with Crippen molar-refractivity contribution in [2.45, 2.75) is 31.6 Å². The predicted molar refractivity (Wildman–Crippen MR) is 112 cm³/mol. The van der Waals surface area contributed by atoms with Gasteiger partial charge in [-0.05, 0) is 67.5 Å². The first-order valence-corrected chi connectivity index (χ1v) is 10.5. The zero-order valence-corrected chi connectivity index (χ0v) is 17.6. The van der Waals surface area contributed by atoms with Gasteiger partial charge in [0, 0.05) is 17.2 Å². The Morgan fingerprint density at radius 3 is 1.97 bits per heavy atom. The van der Waals surface area contributed by atoms with E-state index in [4.69, 9.17) is 4.74 Å². The van der Waals surface area contributed by atoms with Gasteiger partial charge in [0.05, 0.1) is 5.92 Å². The molecule has 3 aromatic rings. The molecule has 34 heavy (non-hydrogen) atoms. The molecule has 1 fully saturated rings. The van der Waals surface area contributed by atoms with Crippen LogP contribution in [0.3, 0.4) is 0 Å². The highest BCUT2D eigenvalue weighted by Crippen LogP contribution is 2.39. The van der Waals surface area contributed by atoms with Crippen molar-refractivity contribution in [1.82, 2.24) is 0 Å². The number of ether oxygens (including phenoxy) is 1. The molecule has 0 saturated heterocycles.